The van der Waals surface area contributed by atoms with Crippen LogP contribution in [0.15, 0.2) is 0 Å². The first-order chi connectivity index (χ1) is 22.4. The molecule has 16 atom stereocenters. The molecule has 50 heavy (non-hydrogen) atoms. The van der Waals surface area contributed by atoms with E-state index < -0.39 is 11.2 Å². The molecule has 7 heteroatoms. The summed E-state index contributed by atoms with van der Waals surface area (Å²) >= 11 is 0. The van der Waals surface area contributed by atoms with Crippen LogP contribution >= 0.6 is 0 Å². The molecule has 7 N–H and O–H groups in total. The van der Waals surface area contributed by atoms with Crippen molar-refractivity contribution in [3.05, 3.63) is 0 Å². The topological polar surface area (TPSA) is 142 Å². The summed E-state index contributed by atoms with van der Waals surface area (Å²) in [5.74, 6) is 3.20. The molecule has 6 saturated carbocycles. The highest BCUT2D eigenvalue weighted by Gasteiger charge is 2.63. The molecule has 0 amide bonds. The largest absolute Gasteiger partial charge is 0.396 e. The molecule has 0 aliphatic heterocycles. The Labute approximate surface area is 307 Å². The summed E-state index contributed by atoms with van der Waals surface area (Å²) in [6, 6.07) is 0. The van der Waals surface area contributed by atoms with Gasteiger partial charge in [-0.25, -0.2) is 0 Å². The standard InChI is InChI=1S/C21H38O3.C20H36O4.2CH4/c1-14-5-8-19(2,15(11-14)12-22)17-6-9-20(3)18(16(17)13-23)7-10-21(20,4)24;1-18(7-4-14(23)10-13(18)11-21)16-5-8-19(2)17(15(16)12-22)6-9-20(19,3)24;;/h14-18,22-24H,5-13H2,1-4H3;13-17,21-24H,4-12H2,1-3H3;2*1H4/t14-,15+,16+,17-,18-,19-,20-,21-;13-,14+,15-,16+,17+,18+,19+,20+;;/m01../s1. The lowest BCUT2D eigenvalue weighted by atomic mass is 9.48. The maximum Gasteiger partial charge on any atom is 0.0675 e. The molecule has 7 nitrogen and oxygen atoms in total. The van der Waals surface area contributed by atoms with Crippen LogP contribution in [-0.2, 0) is 0 Å². The number of rotatable bonds is 6. The van der Waals surface area contributed by atoms with Crippen molar-refractivity contribution in [3.8, 4) is 0 Å². The number of hydrogen-bond acceptors (Lipinski definition) is 7. The molecular weight excluding hydrogens is 628 g/mol. The van der Waals surface area contributed by atoms with Crippen LogP contribution in [-0.4, -0.2) is 79.5 Å². The second kappa shape index (κ2) is 15.8. The van der Waals surface area contributed by atoms with Crippen molar-refractivity contribution in [1.29, 1.82) is 0 Å². The monoisotopic (exact) mass is 711 g/mol. The number of aliphatic hydroxyl groups is 7. The van der Waals surface area contributed by atoms with Gasteiger partial charge in [-0.15, -0.1) is 0 Å². The molecule has 6 rings (SSSR count). The van der Waals surface area contributed by atoms with E-state index in [0.29, 0.717) is 41.9 Å². The zero-order chi connectivity index (χ0) is 35.5. The highest BCUT2D eigenvalue weighted by atomic mass is 16.3. The van der Waals surface area contributed by atoms with Gasteiger partial charge in [-0.2, -0.15) is 0 Å². The van der Waals surface area contributed by atoms with E-state index in [9.17, 15) is 35.7 Å². The maximum atomic E-state index is 10.9. The van der Waals surface area contributed by atoms with Crippen LogP contribution in [0, 0.1) is 74.9 Å². The first kappa shape index (κ1) is 44.1. The quantitative estimate of drug-likeness (QED) is 0.155. The normalized spacial score (nSPS) is 53.2. The fourth-order valence-corrected chi connectivity index (χ4v) is 13.8. The Kier molecular flexibility index (Phi) is 14.0. The highest BCUT2D eigenvalue weighted by Crippen LogP contribution is 2.66. The summed E-state index contributed by atoms with van der Waals surface area (Å²) in [6.07, 6.45) is 13.4. The molecule has 0 unspecified atom stereocenters. The van der Waals surface area contributed by atoms with Crippen molar-refractivity contribution < 1.29 is 35.7 Å². The maximum absolute atomic E-state index is 10.9. The van der Waals surface area contributed by atoms with Gasteiger partial charge in [-0.3, -0.25) is 0 Å². The lowest BCUT2D eigenvalue weighted by Crippen LogP contribution is -2.55. The van der Waals surface area contributed by atoms with Crippen molar-refractivity contribution in [2.24, 2.45) is 74.9 Å². The van der Waals surface area contributed by atoms with Crippen LogP contribution in [0.5, 0.6) is 0 Å². The molecule has 0 saturated heterocycles. The van der Waals surface area contributed by atoms with Crippen LogP contribution in [0.1, 0.15) is 153 Å². The molecular formula is C43H82O7. The fraction of sp³-hybridized carbons (Fsp3) is 1.00. The van der Waals surface area contributed by atoms with E-state index in [1.807, 2.05) is 13.8 Å². The van der Waals surface area contributed by atoms with E-state index in [0.717, 1.165) is 70.6 Å². The smallest absolute Gasteiger partial charge is 0.0675 e. The van der Waals surface area contributed by atoms with E-state index in [4.69, 9.17) is 0 Å². The van der Waals surface area contributed by atoms with E-state index in [-0.39, 0.29) is 86.8 Å². The predicted octanol–water partition coefficient (Wildman–Crippen LogP) is 7.21. The Morgan fingerprint density at radius 3 is 1.26 bits per heavy atom. The third kappa shape index (κ3) is 7.03. The van der Waals surface area contributed by atoms with Crippen molar-refractivity contribution >= 4 is 0 Å². The van der Waals surface area contributed by atoms with Gasteiger partial charge in [-0.1, -0.05) is 55.9 Å². The Morgan fingerprint density at radius 1 is 0.480 bits per heavy atom. The number of hydrogen-bond donors (Lipinski definition) is 7. The first-order valence-electron chi connectivity index (χ1n) is 19.9. The molecule has 6 aliphatic rings. The van der Waals surface area contributed by atoms with Gasteiger partial charge in [-0.05, 0) is 172 Å². The third-order valence-electron chi connectivity index (χ3n) is 17.9. The van der Waals surface area contributed by atoms with Crippen LogP contribution in [0.4, 0.5) is 0 Å². The highest BCUT2D eigenvalue weighted by molar-refractivity contribution is 5.12. The van der Waals surface area contributed by atoms with Gasteiger partial charge in [0.05, 0.1) is 17.3 Å². The molecule has 0 radical (unpaired) electrons. The Hall–Kier alpha value is -0.280. The minimum absolute atomic E-state index is 0. The van der Waals surface area contributed by atoms with Gasteiger partial charge in [0.1, 0.15) is 0 Å². The van der Waals surface area contributed by atoms with Crippen molar-refractivity contribution in [1.82, 2.24) is 0 Å². The van der Waals surface area contributed by atoms with Gasteiger partial charge >= 0.3 is 0 Å². The Bertz CT molecular complexity index is 1010. The molecule has 0 heterocycles. The summed E-state index contributed by atoms with van der Waals surface area (Å²) in [4.78, 5) is 0. The van der Waals surface area contributed by atoms with E-state index in [1.165, 1.54) is 12.8 Å². The minimum atomic E-state index is -0.643. The lowest BCUT2D eigenvalue weighted by Gasteiger charge is -2.57. The second-order valence-electron chi connectivity index (χ2n) is 19.7. The molecule has 0 aromatic rings. The first-order valence-corrected chi connectivity index (χ1v) is 19.9. The van der Waals surface area contributed by atoms with Gasteiger partial charge in [0.15, 0.2) is 0 Å². The summed E-state index contributed by atoms with van der Waals surface area (Å²) in [7, 11) is 0. The summed E-state index contributed by atoms with van der Waals surface area (Å²) in [5.41, 5.74) is -1.33. The predicted molar refractivity (Wildman–Crippen MR) is 203 cm³/mol. The number of aliphatic hydroxyl groups excluding tert-OH is 5. The van der Waals surface area contributed by atoms with Gasteiger partial charge in [0, 0.05) is 26.4 Å². The van der Waals surface area contributed by atoms with Gasteiger partial charge in [0.2, 0.25) is 0 Å². The zero-order valence-corrected chi connectivity index (χ0v) is 31.6. The minimum Gasteiger partial charge on any atom is -0.396 e. The number of fused-ring (bicyclic) bond motifs is 2. The lowest BCUT2D eigenvalue weighted by molar-refractivity contribution is -0.144. The van der Waals surface area contributed by atoms with E-state index in [2.05, 4.69) is 34.6 Å². The van der Waals surface area contributed by atoms with E-state index in [1.54, 1.807) is 0 Å². The molecule has 0 aromatic heterocycles. The van der Waals surface area contributed by atoms with Crippen molar-refractivity contribution in [3.63, 3.8) is 0 Å². The van der Waals surface area contributed by atoms with Crippen molar-refractivity contribution in [2.75, 3.05) is 26.4 Å². The molecule has 0 spiro atoms. The van der Waals surface area contributed by atoms with E-state index >= 15 is 0 Å². The molecule has 0 aromatic carbocycles. The second-order valence-corrected chi connectivity index (χ2v) is 19.7. The Balaban J connectivity index is 0.000000260. The average Bonchev–Trinajstić information content (AvgIpc) is 3.44. The van der Waals surface area contributed by atoms with Gasteiger partial charge in [0.25, 0.3) is 0 Å². The summed E-state index contributed by atoms with van der Waals surface area (Å²) in [6.45, 7) is 16.2. The fourth-order valence-electron chi connectivity index (χ4n) is 13.8. The van der Waals surface area contributed by atoms with Crippen LogP contribution in [0.25, 0.3) is 0 Å². The SMILES string of the molecule is C.C.C[C@H]1CC[C@](C)([C@H]2CC[C@@]3(C)[C@@H](CC[C@]3(C)O)[C@@H]2CO)[C@@H](CO)C1.C[C@]1([C@H]2CC[C@@]3(C)[C@@H](CC[C@]3(C)O)[C@@H]2CO)CC[C@H](O)C[C@@H]1CO. The average molecular weight is 711 g/mol. The van der Waals surface area contributed by atoms with Crippen LogP contribution in [0.3, 0.4) is 0 Å². The van der Waals surface area contributed by atoms with Gasteiger partial charge < -0.3 is 35.7 Å². The van der Waals surface area contributed by atoms with Crippen LogP contribution < -0.4 is 0 Å². The third-order valence-corrected chi connectivity index (χ3v) is 17.9. The van der Waals surface area contributed by atoms with Crippen LogP contribution in [0.2, 0.25) is 0 Å². The molecule has 6 fully saturated rings. The zero-order valence-electron chi connectivity index (χ0n) is 31.6. The Morgan fingerprint density at radius 2 is 0.860 bits per heavy atom. The summed E-state index contributed by atoms with van der Waals surface area (Å²) < 4.78 is 0. The molecule has 6 aliphatic carbocycles. The van der Waals surface area contributed by atoms with Crippen molar-refractivity contribution in [2.45, 2.75) is 171 Å². The molecule has 296 valence electrons. The summed E-state index contributed by atoms with van der Waals surface area (Å²) in [5, 5.41) is 72.4. The molecule has 0 bridgehead atoms.